The van der Waals surface area contributed by atoms with E-state index < -0.39 is 5.92 Å². The van der Waals surface area contributed by atoms with Gasteiger partial charge in [0, 0.05) is 0 Å². The molecule has 1 unspecified atom stereocenters. The van der Waals surface area contributed by atoms with Gasteiger partial charge in [-0.1, -0.05) is 48.6 Å². The summed E-state index contributed by atoms with van der Waals surface area (Å²) < 4.78 is 8.87. The molecular weight excluding hydrogens is 478 g/mol. The number of nitrogen functional groups attached to an aromatic ring is 1. The fraction of sp³-hybridized carbons (Fsp3) is 0.0667. The van der Waals surface area contributed by atoms with Gasteiger partial charge in [-0.05, 0) is 66.6 Å². The molecule has 0 aliphatic heterocycles. The van der Waals surface area contributed by atoms with E-state index in [4.69, 9.17) is 10.5 Å². The first-order valence-electron chi connectivity index (χ1n) is 12.1. The Labute approximate surface area is 218 Å². The molecule has 0 spiro atoms. The van der Waals surface area contributed by atoms with Gasteiger partial charge in [0.2, 0.25) is 0 Å². The molecule has 0 radical (unpaired) electrons. The Bertz CT molecular complexity index is 1800. The Morgan fingerprint density at radius 3 is 2.39 bits per heavy atom. The summed E-state index contributed by atoms with van der Waals surface area (Å²) in [5.74, 6) is 1.13. The van der Waals surface area contributed by atoms with Crippen LogP contribution in [0, 0.1) is 0 Å². The number of Topliss-reactive ketones (excluding diaryl/α,β-unsaturated/α-hetero) is 1. The molecule has 6 rings (SSSR count). The third-order valence-electron chi connectivity index (χ3n) is 6.53. The molecule has 0 saturated carbocycles. The minimum Gasteiger partial charge on any atom is -0.457 e. The van der Waals surface area contributed by atoms with Crippen LogP contribution in [0.1, 0.15) is 18.4 Å². The maximum atomic E-state index is 13.9. The predicted octanol–water partition coefficient (Wildman–Crippen LogP) is 5.11. The largest absolute Gasteiger partial charge is 0.457 e. The number of allylic oxidation sites excluding steroid dienone is 4. The van der Waals surface area contributed by atoms with Crippen molar-refractivity contribution in [3.63, 3.8) is 0 Å². The molecule has 3 aromatic carbocycles. The Kier molecular flexibility index (Phi) is 5.69. The number of benzene rings is 3. The van der Waals surface area contributed by atoms with E-state index in [-0.39, 0.29) is 17.3 Å². The third kappa shape index (κ3) is 3.98. The highest BCUT2D eigenvalue weighted by Gasteiger charge is 2.24. The number of aromatic nitrogens is 4. The third-order valence-corrected chi connectivity index (χ3v) is 6.53. The number of carbonyl (C=O) groups excluding carboxylic acids is 1. The Balaban J connectivity index is 1.45. The number of fused-ring (bicyclic) bond motifs is 1. The van der Waals surface area contributed by atoms with Crippen LogP contribution in [0.3, 0.4) is 0 Å². The normalized spacial score (nSPS) is 15.0. The maximum Gasteiger partial charge on any atom is 0.339 e. The second kappa shape index (κ2) is 9.33. The monoisotopic (exact) mass is 501 g/mol. The van der Waals surface area contributed by atoms with Crippen molar-refractivity contribution in [1.82, 2.24) is 19.1 Å². The van der Waals surface area contributed by atoms with E-state index in [0.29, 0.717) is 39.6 Å². The number of nitrogens with zero attached hydrogens (tertiary/aromatic N) is 4. The molecule has 1 aliphatic rings. The van der Waals surface area contributed by atoms with Gasteiger partial charge in [-0.25, -0.2) is 19.3 Å². The number of ketones is 1. The van der Waals surface area contributed by atoms with Gasteiger partial charge in [0.1, 0.15) is 23.3 Å². The number of ether oxygens (including phenoxy) is 1. The van der Waals surface area contributed by atoms with Gasteiger partial charge in [-0.2, -0.15) is 0 Å². The van der Waals surface area contributed by atoms with Gasteiger partial charge >= 0.3 is 5.69 Å². The Morgan fingerprint density at radius 2 is 1.61 bits per heavy atom. The molecule has 186 valence electrons. The van der Waals surface area contributed by atoms with E-state index in [1.54, 1.807) is 37.3 Å². The number of anilines is 1. The highest BCUT2D eigenvalue weighted by Crippen LogP contribution is 2.29. The van der Waals surface area contributed by atoms with Gasteiger partial charge in [-0.3, -0.25) is 9.36 Å². The van der Waals surface area contributed by atoms with E-state index in [9.17, 15) is 9.59 Å². The summed E-state index contributed by atoms with van der Waals surface area (Å²) in [6.45, 7) is 1.80. The van der Waals surface area contributed by atoms with E-state index in [0.717, 1.165) is 5.56 Å². The van der Waals surface area contributed by atoms with Crippen LogP contribution in [-0.2, 0) is 4.79 Å². The molecule has 0 saturated heterocycles. The van der Waals surface area contributed by atoms with Crippen LogP contribution in [0.4, 0.5) is 5.82 Å². The summed E-state index contributed by atoms with van der Waals surface area (Å²) in [6, 6.07) is 24.0. The quantitative estimate of drug-likeness (QED) is 0.359. The van der Waals surface area contributed by atoms with Crippen molar-refractivity contribution in [3.8, 4) is 22.9 Å². The molecule has 1 aliphatic carbocycles. The van der Waals surface area contributed by atoms with Crippen molar-refractivity contribution < 1.29 is 9.53 Å². The highest BCUT2D eigenvalue weighted by atomic mass is 16.5. The molecule has 8 heteroatoms. The van der Waals surface area contributed by atoms with Crippen molar-refractivity contribution >= 4 is 22.8 Å². The van der Waals surface area contributed by atoms with Crippen LogP contribution >= 0.6 is 0 Å². The fourth-order valence-electron chi connectivity index (χ4n) is 4.65. The first kappa shape index (κ1) is 23.2. The van der Waals surface area contributed by atoms with Crippen LogP contribution in [0.25, 0.3) is 22.5 Å². The van der Waals surface area contributed by atoms with Crippen molar-refractivity contribution in [2.45, 2.75) is 12.8 Å². The summed E-state index contributed by atoms with van der Waals surface area (Å²) in [7, 11) is 0. The SMILES string of the molecule is CC1=CC=CC(c2cccc(-n3c(=O)n(-c4ccc(Oc5ccccc5)cc4)c4c(N)ncnc43)c2)C1=O. The number of rotatable bonds is 5. The van der Waals surface area contributed by atoms with Crippen molar-refractivity contribution in [3.05, 3.63) is 125 Å². The summed E-state index contributed by atoms with van der Waals surface area (Å²) in [4.78, 5) is 35.2. The lowest BCUT2D eigenvalue weighted by Gasteiger charge is -2.16. The van der Waals surface area contributed by atoms with E-state index in [1.165, 1.54) is 15.5 Å². The van der Waals surface area contributed by atoms with Gasteiger partial charge in [0.15, 0.2) is 17.2 Å². The van der Waals surface area contributed by atoms with Crippen molar-refractivity contribution in [2.24, 2.45) is 0 Å². The average Bonchev–Trinajstić information content (AvgIpc) is 3.24. The molecule has 1 atom stereocenters. The second-order valence-electron chi connectivity index (χ2n) is 8.97. The zero-order chi connectivity index (χ0) is 26.2. The summed E-state index contributed by atoms with van der Waals surface area (Å²) in [5.41, 5.74) is 9.30. The molecule has 38 heavy (non-hydrogen) atoms. The van der Waals surface area contributed by atoms with E-state index >= 15 is 0 Å². The molecule has 0 fully saturated rings. The number of para-hydroxylation sites is 1. The number of hydrogen-bond donors (Lipinski definition) is 1. The molecular formula is C30H23N5O3. The lowest BCUT2D eigenvalue weighted by Crippen LogP contribution is -2.22. The molecule has 0 amide bonds. The van der Waals surface area contributed by atoms with Gasteiger partial charge in [0.05, 0.1) is 17.3 Å². The van der Waals surface area contributed by atoms with Gasteiger partial charge < -0.3 is 10.5 Å². The van der Waals surface area contributed by atoms with Crippen LogP contribution in [0.5, 0.6) is 11.5 Å². The van der Waals surface area contributed by atoms with Crippen LogP contribution in [0.15, 0.2) is 114 Å². The lowest BCUT2D eigenvalue weighted by molar-refractivity contribution is -0.116. The molecule has 8 nitrogen and oxygen atoms in total. The minimum atomic E-state index is -0.416. The zero-order valence-corrected chi connectivity index (χ0v) is 20.5. The number of nitrogens with two attached hydrogens (primary N) is 1. The fourth-order valence-corrected chi connectivity index (χ4v) is 4.65. The molecule has 2 aromatic heterocycles. The molecule has 2 N–H and O–H groups in total. The Morgan fingerprint density at radius 1 is 0.842 bits per heavy atom. The topological polar surface area (TPSA) is 105 Å². The Hall–Kier alpha value is -5.24. The summed E-state index contributed by atoms with van der Waals surface area (Å²) >= 11 is 0. The molecule has 0 bridgehead atoms. The number of imidazole rings is 1. The maximum absolute atomic E-state index is 13.9. The lowest BCUT2D eigenvalue weighted by atomic mass is 9.87. The minimum absolute atomic E-state index is 0.0313. The predicted molar refractivity (Wildman–Crippen MR) is 146 cm³/mol. The molecule has 5 aromatic rings. The van der Waals surface area contributed by atoms with Gasteiger partial charge in [0.25, 0.3) is 0 Å². The first-order valence-corrected chi connectivity index (χ1v) is 12.1. The highest BCUT2D eigenvalue weighted by molar-refractivity contribution is 6.02. The first-order chi connectivity index (χ1) is 18.5. The van der Waals surface area contributed by atoms with Gasteiger partial charge in [-0.15, -0.1) is 0 Å². The van der Waals surface area contributed by atoms with Crippen LogP contribution < -0.4 is 16.2 Å². The van der Waals surface area contributed by atoms with E-state index in [1.807, 2.05) is 66.7 Å². The zero-order valence-electron chi connectivity index (χ0n) is 20.5. The number of hydrogen-bond acceptors (Lipinski definition) is 6. The smallest absolute Gasteiger partial charge is 0.339 e. The van der Waals surface area contributed by atoms with Crippen molar-refractivity contribution in [2.75, 3.05) is 5.73 Å². The summed E-state index contributed by atoms with van der Waals surface area (Å²) in [6.07, 6.45) is 6.88. The van der Waals surface area contributed by atoms with Crippen molar-refractivity contribution in [1.29, 1.82) is 0 Å². The van der Waals surface area contributed by atoms with Crippen LogP contribution in [0.2, 0.25) is 0 Å². The second-order valence-corrected chi connectivity index (χ2v) is 8.97. The standard InChI is InChI=1S/C30H23N5O3/c1-19-7-5-12-25(27(19)36)20-8-6-9-22(17-20)35-29-26(28(31)32-18-33-29)34(30(35)37)21-13-15-24(16-14-21)38-23-10-3-2-4-11-23/h2-18,25H,1H3,(H2,31,32,33). The van der Waals surface area contributed by atoms with E-state index in [2.05, 4.69) is 9.97 Å². The average molecular weight is 502 g/mol. The summed E-state index contributed by atoms with van der Waals surface area (Å²) in [5, 5.41) is 0. The molecule has 2 heterocycles. The number of carbonyl (C=O) groups is 1. The van der Waals surface area contributed by atoms with Crippen LogP contribution in [-0.4, -0.2) is 24.9 Å².